The fraction of sp³-hybridized carbons (Fsp3) is 0.440. The molecule has 1 atom stereocenters. The second kappa shape index (κ2) is 9.41. The number of hydrogen-bond donors (Lipinski definition) is 0. The highest BCUT2D eigenvalue weighted by Gasteiger charge is 2.43. The van der Waals surface area contributed by atoms with Crippen molar-refractivity contribution in [3.05, 3.63) is 71.5 Å². The van der Waals surface area contributed by atoms with E-state index < -0.39 is 11.9 Å². The Hall–Kier alpha value is -2.69. The van der Waals surface area contributed by atoms with Gasteiger partial charge in [-0.05, 0) is 30.9 Å². The molecule has 30 heavy (non-hydrogen) atoms. The minimum atomic E-state index is -0.889. The van der Waals surface area contributed by atoms with Crippen molar-refractivity contribution in [1.82, 2.24) is 9.80 Å². The number of halogens is 1. The molecule has 1 saturated heterocycles. The zero-order valence-electron chi connectivity index (χ0n) is 17.3. The maximum atomic E-state index is 14.7. The molecule has 4 nitrogen and oxygen atoms in total. The highest BCUT2D eigenvalue weighted by atomic mass is 19.1. The van der Waals surface area contributed by atoms with Crippen LogP contribution in [0.4, 0.5) is 4.39 Å². The van der Waals surface area contributed by atoms with Gasteiger partial charge < -0.3 is 9.80 Å². The molecule has 1 heterocycles. The number of benzene rings is 2. The Balaban J connectivity index is 1.62. The van der Waals surface area contributed by atoms with Crippen molar-refractivity contribution in [2.45, 2.75) is 57.0 Å². The van der Waals surface area contributed by atoms with E-state index in [-0.39, 0.29) is 24.4 Å². The molecule has 0 aromatic heterocycles. The van der Waals surface area contributed by atoms with Gasteiger partial charge in [-0.2, -0.15) is 0 Å². The van der Waals surface area contributed by atoms with E-state index in [0.717, 1.165) is 31.2 Å². The van der Waals surface area contributed by atoms with E-state index in [2.05, 4.69) is 0 Å². The lowest BCUT2D eigenvalue weighted by Crippen LogP contribution is -2.58. The molecule has 1 saturated carbocycles. The molecule has 0 bridgehead atoms. The molecule has 0 unspecified atom stereocenters. The zero-order valence-corrected chi connectivity index (χ0v) is 17.3. The number of carbonyl (C=O) groups excluding carboxylic acids is 2. The number of rotatable bonds is 5. The van der Waals surface area contributed by atoms with Gasteiger partial charge in [-0.15, -0.1) is 0 Å². The van der Waals surface area contributed by atoms with Crippen LogP contribution in [0.3, 0.4) is 0 Å². The van der Waals surface area contributed by atoms with Gasteiger partial charge in [-0.3, -0.25) is 9.59 Å². The van der Waals surface area contributed by atoms with Gasteiger partial charge in [0.05, 0.1) is 0 Å². The van der Waals surface area contributed by atoms with Crippen LogP contribution in [-0.2, 0) is 16.0 Å². The number of amides is 2. The van der Waals surface area contributed by atoms with Gasteiger partial charge in [0.25, 0.3) is 5.91 Å². The van der Waals surface area contributed by atoms with Crippen molar-refractivity contribution in [3.63, 3.8) is 0 Å². The first-order valence-corrected chi connectivity index (χ1v) is 11.0. The van der Waals surface area contributed by atoms with Gasteiger partial charge in [0.1, 0.15) is 18.4 Å². The highest BCUT2D eigenvalue weighted by molar-refractivity contribution is 5.95. The number of carbonyl (C=O) groups is 2. The normalized spacial score (nSPS) is 21.0. The van der Waals surface area contributed by atoms with E-state index >= 15 is 0 Å². The predicted molar refractivity (Wildman–Crippen MR) is 114 cm³/mol. The van der Waals surface area contributed by atoms with Crippen LogP contribution in [0.2, 0.25) is 0 Å². The van der Waals surface area contributed by atoms with Crippen molar-refractivity contribution in [3.8, 4) is 0 Å². The third kappa shape index (κ3) is 4.40. The molecule has 4 rings (SSSR count). The number of nitrogens with zero attached hydrogens (tertiary/aromatic N) is 2. The summed E-state index contributed by atoms with van der Waals surface area (Å²) in [4.78, 5) is 30.2. The minimum absolute atomic E-state index is 0.0782. The Morgan fingerprint density at radius 1 is 0.867 bits per heavy atom. The molecule has 2 aliphatic rings. The molecular formula is C25H29FN2O2. The average Bonchev–Trinajstić information content (AvgIpc) is 3.05. The van der Waals surface area contributed by atoms with E-state index in [0.29, 0.717) is 18.5 Å². The van der Waals surface area contributed by atoms with Crippen LogP contribution in [0.15, 0.2) is 54.6 Å². The standard InChI is InChI=1S/C25H29FN2O2/c26-22-15-9-8-14-21(22)24-25(30)28(20-12-6-1-2-7-13-20)18-23(29)27(24)17-16-19-10-4-3-5-11-19/h3-5,8-11,14-15,20,24H,1-2,6-7,12-13,16-18H2/t24-/m1/s1. The van der Waals surface area contributed by atoms with E-state index in [1.165, 1.54) is 18.9 Å². The molecule has 1 aliphatic heterocycles. The predicted octanol–water partition coefficient (Wildman–Crippen LogP) is 4.50. The van der Waals surface area contributed by atoms with Crippen molar-refractivity contribution in [2.75, 3.05) is 13.1 Å². The van der Waals surface area contributed by atoms with Crippen LogP contribution in [0, 0.1) is 5.82 Å². The minimum Gasteiger partial charge on any atom is -0.328 e. The Morgan fingerprint density at radius 2 is 1.53 bits per heavy atom. The van der Waals surface area contributed by atoms with Gasteiger partial charge >= 0.3 is 0 Å². The van der Waals surface area contributed by atoms with E-state index in [1.807, 2.05) is 30.3 Å². The van der Waals surface area contributed by atoms with Gasteiger partial charge in [-0.25, -0.2) is 4.39 Å². The van der Waals surface area contributed by atoms with Gasteiger partial charge in [0.2, 0.25) is 5.91 Å². The third-order valence-electron chi connectivity index (χ3n) is 6.40. The monoisotopic (exact) mass is 408 g/mol. The first-order chi connectivity index (χ1) is 14.6. The van der Waals surface area contributed by atoms with Crippen LogP contribution >= 0.6 is 0 Å². The van der Waals surface area contributed by atoms with Gasteiger partial charge in [-0.1, -0.05) is 74.2 Å². The SMILES string of the molecule is O=C1[C@@H](c2ccccc2F)N(CCc2ccccc2)C(=O)CN1C1CCCCCC1. The third-order valence-corrected chi connectivity index (χ3v) is 6.40. The zero-order chi connectivity index (χ0) is 20.9. The van der Waals surface area contributed by atoms with Crippen molar-refractivity contribution in [1.29, 1.82) is 0 Å². The van der Waals surface area contributed by atoms with E-state index in [9.17, 15) is 14.0 Å². The summed E-state index contributed by atoms with van der Waals surface area (Å²) in [5.41, 5.74) is 1.39. The van der Waals surface area contributed by atoms with E-state index in [4.69, 9.17) is 0 Å². The lowest BCUT2D eigenvalue weighted by Gasteiger charge is -2.43. The largest absolute Gasteiger partial charge is 0.328 e. The lowest BCUT2D eigenvalue weighted by atomic mass is 9.96. The van der Waals surface area contributed by atoms with Gasteiger partial charge in [0.15, 0.2) is 0 Å². The summed E-state index contributed by atoms with van der Waals surface area (Å²) in [6, 6.07) is 15.4. The smallest absolute Gasteiger partial charge is 0.250 e. The second-order valence-electron chi connectivity index (χ2n) is 8.36. The lowest BCUT2D eigenvalue weighted by molar-refractivity contribution is -0.159. The molecule has 0 N–H and O–H groups in total. The first kappa shape index (κ1) is 20.6. The molecule has 1 aliphatic carbocycles. The second-order valence-corrected chi connectivity index (χ2v) is 8.36. The molecule has 0 spiro atoms. The topological polar surface area (TPSA) is 40.6 Å². The Morgan fingerprint density at radius 3 is 2.23 bits per heavy atom. The maximum Gasteiger partial charge on any atom is 0.250 e. The van der Waals surface area contributed by atoms with Crippen LogP contribution in [0.5, 0.6) is 0 Å². The summed E-state index contributed by atoms with van der Waals surface area (Å²) in [7, 11) is 0. The summed E-state index contributed by atoms with van der Waals surface area (Å²) < 4.78 is 14.7. The molecule has 5 heteroatoms. The molecule has 2 aromatic carbocycles. The van der Waals surface area contributed by atoms with Crippen molar-refractivity contribution >= 4 is 11.8 Å². The van der Waals surface area contributed by atoms with Crippen molar-refractivity contribution < 1.29 is 14.0 Å². The summed E-state index contributed by atoms with van der Waals surface area (Å²) in [6.07, 6.45) is 6.97. The Bertz CT molecular complexity index is 878. The fourth-order valence-corrected chi connectivity index (χ4v) is 4.77. The molecule has 2 amide bonds. The van der Waals surface area contributed by atoms with Crippen LogP contribution in [0.25, 0.3) is 0 Å². The molecular weight excluding hydrogens is 379 g/mol. The maximum absolute atomic E-state index is 14.7. The fourth-order valence-electron chi connectivity index (χ4n) is 4.77. The molecule has 158 valence electrons. The summed E-state index contributed by atoms with van der Waals surface area (Å²) in [5, 5.41) is 0. The quantitative estimate of drug-likeness (QED) is 0.684. The van der Waals surface area contributed by atoms with Crippen LogP contribution in [0.1, 0.15) is 55.7 Å². The number of hydrogen-bond acceptors (Lipinski definition) is 2. The molecule has 2 fully saturated rings. The van der Waals surface area contributed by atoms with Crippen molar-refractivity contribution in [2.24, 2.45) is 0 Å². The summed E-state index contributed by atoms with van der Waals surface area (Å²) >= 11 is 0. The first-order valence-electron chi connectivity index (χ1n) is 11.0. The molecule has 2 aromatic rings. The number of piperazine rings is 1. The van der Waals surface area contributed by atoms with Gasteiger partial charge in [0, 0.05) is 18.2 Å². The Labute approximate surface area is 177 Å². The van der Waals surface area contributed by atoms with E-state index in [1.54, 1.807) is 28.0 Å². The highest BCUT2D eigenvalue weighted by Crippen LogP contribution is 2.33. The Kier molecular flexibility index (Phi) is 6.46. The molecule has 0 radical (unpaired) electrons. The van der Waals surface area contributed by atoms with Crippen LogP contribution in [-0.4, -0.2) is 40.7 Å². The van der Waals surface area contributed by atoms with Crippen LogP contribution < -0.4 is 0 Å². The summed E-state index contributed by atoms with van der Waals surface area (Å²) in [5.74, 6) is -0.668. The summed E-state index contributed by atoms with van der Waals surface area (Å²) in [6.45, 7) is 0.495. The average molecular weight is 409 g/mol.